The summed E-state index contributed by atoms with van der Waals surface area (Å²) in [4.78, 5) is 15.3. The number of carboxylic acids is 1. The lowest BCUT2D eigenvalue weighted by atomic mass is 9.67. The smallest absolute Gasteiger partial charge is 0.355 e. The number of aromatic carboxylic acids is 1. The van der Waals surface area contributed by atoms with Gasteiger partial charge in [0.25, 0.3) is 0 Å². The zero-order valence-electron chi connectivity index (χ0n) is 13.4. The van der Waals surface area contributed by atoms with Crippen molar-refractivity contribution in [3.05, 3.63) is 75.2 Å². The van der Waals surface area contributed by atoms with Crippen LogP contribution < -0.4 is 0 Å². The van der Waals surface area contributed by atoms with E-state index in [9.17, 15) is 9.90 Å². The van der Waals surface area contributed by atoms with E-state index in [1.54, 1.807) is 7.11 Å². The first-order valence-corrected chi connectivity index (χ1v) is 8.58. The molecule has 1 atom stereocenters. The summed E-state index contributed by atoms with van der Waals surface area (Å²) in [5, 5.41) is 22.4. The van der Waals surface area contributed by atoms with Crippen LogP contribution in [0.1, 0.15) is 32.2 Å². The molecule has 1 aliphatic carbocycles. The molecule has 2 N–H and O–H groups in total. The Hall–Kier alpha value is -2.54. The van der Waals surface area contributed by atoms with Crippen LogP contribution >= 0.6 is 11.3 Å². The third kappa shape index (κ3) is 2.22. The highest BCUT2D eigenvalue weighted by Crippen LogP contribution is 2.54. The molecule has 4 rings (SSSR count). The summed E-state index contributed by atoms with van der Waals surface area (Å²) in [6.45, 7) is 0.380. The van der Waals surface area contributed by atoms with E-state index in [4.69, 9.17) is 9.84 Å². The summed E-state index contributed by atoms with van der Waals surface area (Å²) < 4.78 is 5.29. The van der Waals surface area contributed by atoms with Gasteiger partial charge in [0, 0.05) is 23.6 Å². The Morgan fingerprint density at radius 2 is 2.00 bits per heavy atom. The number of aliphatic hydroxyl groups is 1. The minimum Gasteiger partial charge on any atom is -0.476 e. The molecule has 0 radical (unpaired) electrons. The molecular weight excluding hydrogens is 338 g/mol. The van der Waals surface area contributed by atoms with Gasteiger partial charge in [-0.3, -0.25) is 0 Å². The maximum Gasteiger partial charge on any atom is 0.355 e. The maximum absolute atomic E-state index is 11.4. The Balaban J connectivity index is 1.89. The zero-order valence-corrected chi connectivity index (χ0v) is 14.2. The van der Waals surface area contributed by atoms with Gasteiger partial charge in [-0.05, 0) is 16.7 Å². The van der Waals surface area contributed by atoms with Gasteiger partial charge < -0.3 is 14.9 Å². The first-order chi connectivity index (χ1) is 12.1. The van der Waals surface area contributed by atoms with E-state index >= 15 is 0 Å². The van der Waals surface area contributed by atoms with Gasteiger partial charge >= 0.3 is 5.97 Å². The van der Waals surface area contributed by atoms with Crippen LogP contribution in [-0.2, 0) is 16.9 Å². The standard InChI is InChI=1S/C19H15NO4S/c1-24-9-13-14-8-7-12(11-5-3-2-4-6-11)16(13)19(14,23)18-20-15(10-25-18)17(21)22/h2-8,10,23H,9H2,1H3,(H,21,22). The van der Waals surface area contributed by atoms with Crippen molar-refractivity contribution in [3.8, 4) is 11.1 Å². The van der Waals surface area contributed by atoms with Crippen molar-refractivity contribution >= 4 is 17.3 Å². The number of methoxy groups -OCH3 is 1. The fraction of sp³-hybridized carbons (Fsp3) is 0.158. The first-order valence-electron chi connectivity index (χ1n) is 7.70. The predicted molar refractivity (Wildman–Crippen MR) is 93.8 cm³/mol. The Morgan fingerprint density at radius 3 is 2.64 bits per heavy atom. The molecule has 2 aromatic carbocycles. The van der Waals surface area contributed by atoms with Gasteiger partial charge in [0.15, 0.2) is 11.3 Å². The second-order valence-electron chi connectivity index (χ2n) is 5.87. The molecule has 0 spiro atoms. The Bertz CT molecular complexity index is 967. The highest BCUT2D eigenvalue weighted by Gasteiger charge is 2.50. The minimum absolute atomic E-state index is 0.0573. The molecule has 1 heterocycles. The number of hydrogen-bond donors (Lipinski definition) is 2. The number of nitrogens with zero attached hydrogens (tertiary/aromatic N) is 1. The van der Waals surface area contributed by atoms with E-state index in [-0.39, 0.29) is 5.69 Å². The molecule has 0 aliphatic heterocycles. The molecule has 0 saturated carbocycles. The fourth-order valence-electron chi connectivity index (χ4n) is 3.39. The molecule has 2 bridgehead atoms. The average Bonchev–Trinajstić information content (AvgIpc) is 3.13. The summed E-state index contributed by atoms with van der Waals surface area (Å²) in [6, 6.07) is 13.6. The molecule has 1 aromatic heterocycles. The summed E-state index contributed by atoms with van der Waals surface area (Å²) in [5.74, 6) is -1.10. The van der Waals surface area contributed by atoms with Crippen LogP contribution in [0.4, 0.5) is 0 Å². The number of thiazole rings is 1. The number of aromatic nitrogens is 1. The molecule has 0 saturated heterocycles. The van der Waals surface area contributed by atoms with Gasteiger partial charge in [0.2, 0.25) is 0 Å². The minimum atomic E-state index is -1.38. The lowest BCUT2D eigenvalue weighted by Crippen LogP contribution is -2.41. The van der Waals surface area contributed by atoms with Gasteiger partial charge in [-0.1, -0.05) is 42.5 Å². The van der Waals surface area contributed by atoms with Crippen LogP contribution in [-0.4, -0.2) is 28.3 Å². The number of ether oxygens (including phenoxy) is 1. The van der Waals surface area contributed by atoms with Gasteiger partial charge in [0.1, 0.15) is 5.01 Å². The zero-order chi connectivity index (χ0) is 17.6. The van der Waals surface area contributed by atoms with Crippen LogP contribution in [0.3, 0.4) is 0 Å². The SMILES string of the molecule is COCc1c2ccc(-c3ccccc3)c1C2(O)c1nc(C(=O)O)cs1. The van der Waals surface area contributed by atoms with Gasteiger partial charge in [0.05, 0.1) is 6.61 Å². The van der Waals surface area contributed by atoms with Crippen molar-refractivity contribution in [1.29, 1.82) is 0 Å². The molecule has 1 aliphatic rings. The van der Waals surface area contributed by atoms with E-state index in [0.29, 0.717) is 11.6 Å². The molecule has 0 fully saturated rings. The lowest BCUT2D eigenvalue weighted by Gasteiger charge is -2.42. The van der Waals surface area contributed by atoms with Crippen LogP contribution in [0.2, 0.25) is 0 Å². The van der Waals surface area contributed by atoms with E-state index in [1.165, 1.54) is 5.38 Å². The molecule has 3 aromatic rings. The largest absolute Gasteiger partial charge is 0.476 e. The predicted octanol–water partition coefficient (Wildman–Crippen LogP) is 3.25. The molecular formula is C19H15NO4S. The Morgan fingerprint density at radius 1 is 1.24 bits per heavy atom. The summed E-state index contributed by atoms with van der Waals surface area (Å²) in [7, 11) is 1.61. The first kappa shape index (κ1) is 16.0. The molecule has 1 unspecified atom stereocenters. The highest BCUT2D eigenvalue weighted by atomic mass is 32.1. The Kier molecular flexibility index (Phi) is 3.68. The van der Waals surface area contributed by atoms with Crippen molar-refractivity contribution in [2.45, 2.75) is 12.2 Å². The summed E-state index contributed by atoms with van der Waals surface area (Å²) in [5.41, 5.74) is 2.83. The molecule has 126 valence electrons. The van der Waals surface area contributed by atoms with Crippen LogP contribution in [0.15, 0.2) is 47.8 Å². The topological polar surface area (TPSA) is 79.7 Å². The lowest BCUT2D eigenvalue weighted by molar-refractivity contribution is 0.0688. The van der Waals surface area contributed by atoms with Crippen LogP contribution in [0.5, 0.6) is 0 Å². The summed E-state index contributed by atoms with van der Waals surface area (Å²) >= 11 is 1.15. The van der Waals surface area contributed by atoms with Gasteiger partial charge in [-0.15, -0.1) is 11.3 Å². The molecule has 25 heavy (non-hydrogen) atoms. The number of fused-ring (bicyclic) bond motifs is 2. The molecule has 0 amide bonds. The number of carboxylic acid groups (broad SMARTS) is 1. The number of rotatable bonds is 5. The fourth-order valence-corrected chi connectivity index (χ4v) is 4.30. The normalized spacial score (nSPS) is 18.0. The number of carbonyl (C=O) groups is 1. The molecule has 6 heteroatoms. The third-order valence-electron chi connectivity index (χ3n) is 4.47. The highest BCUT2D eigenvalue weighted by molar-refractivity contribution is 7.10. The van der Waals surface area contributed by atoms with Crippen molar-refractivity contribution in [1.82, 2.24) is 4.98 Å². The number of hydrogen-bond acceptors (Lipinski definition) is 5. The third-order valence-corrected chi connectivity index (χ3v) is 5.42. The van der Waals surface area contributed by atoms with Crippen molar-refractivity contribution in [3.63, 3.8) is 0 Å². The monoisotopic (exact) mass is 353 g/mol. The van der Waals surface area contributed by atoms with Crippen molar-refractivity contribution < 1.29 is 19.7 Å². The molecule has 5 nitrogen and oxygen atoms in total. The van der Waals surface area contributed by atoms with Gasteiger partial charge in [-0.2, -0.15) is 0 Å². The Labute approximate surface area is 148 Å². The number of benzene rings is 2. The quantitative estimate of drug-likeness (QED) is 0.736. The van der Waals surface area contributed by atoms with E-state index < -0.39 is 11.6 Å². The second kappa shape index (κ2) is 5.77. The van der Waals surface area contributed by atoms with Crippen LogP contribution in [0, 0.1) is 0 Å². The second-order valence-corrected chi connectivity index (χ2v) is 6.72. The maximum atomic E-state index is 11.4. The van der Waals surface area contributed by atoms with E-state index in [0.717, 1.165) is 39.2 Å². The van der Waals surface area contributed by atoms with Crippen LogP contribution in [0.25, 0.3) is 11.1 Å². The average molecular weight is 353 g/mol. The van der Waals surface area contributed by atoms with Gasteiger partial charge in [-0.25, -0.2) is 9.78 Å². The van der Waals surface area contributed by atoms with E-state index in [2.05, 4.69) is 4.98 Å². The van der Waals surface area contributed by atoms with Crippen molar-refractivity contribution in [2.24, 2.45) is 0 Å². The summed E-state index contributed by atoms with van der Waals surface area (Å²) in [6.07, 6.45) is 0. The van der Waals surface area contributed by atoms with E-state index in [1.807, 2.05) is 42.5 Å². The van der Waals surface area contributed by atoms with Crippen molar-refractivity contribution in [2.75, 3.05) is 7.11 Å².